The smallest absolute Gasteiger partial charge is 0.189 e. The number of aliphatic hydroxyl groups excluding tert-OH is 14. The van der Waals surface area contributed by atoms with Crippen molar-refractivity contribution in [3.8, 4) is 0 Å². The van der Waals surface area contributed by atoms with Gasteiger partial charge in [0.15, 0.2) is 25.2 Å². The topological polar surface area (TPSA) is 348 Å². The van der Waals surface area contributed by atoms with Gasteiger partial charge < -0.3 is 105 Å². The van der Waals surface area contributed by atoms with Crippen LogP contribution in [0.25, 0.3) is 0 Å². The molecule has 0 aliphatic carbocycles. The lowest BCUT2D eigenvalue weighted by atomic mass is 9.96. The summed E-state index contributed by atoms with van der Waals surface area (Å²) in [6, 6.07) is 0. The Balaban J connectivity index is 1.51. The summed E-state index contributed by atoms with van der Waals surface area (Å²) in [6.07, 6.45) is -35.8. The van der Waals surface area contributed by atoms with Crippen molar-refractivity contribution in [3.63, 3.8) is 0 Å². The molecular formula is C24H42O21. The van der Waals surface area contributed by atoms with Crippen LogP contribution < -0.4 is 0 Å². The molecule has 4 aliphatic heterocycles. The molecule has 0 saturated carbocycles. The zero-order valence-electron chi connectivity index (χ0n) is 23.5. The van der Waals surface area contributed by atoms with Crippen molar-refractivity contribution in [3.05, 3.63) is 0 Å². The molecule has 264 valence electrons. The van der Waals surface area contributed by atoms with Gasteiger partial charge in [-0.2, -0.15) is 0 Å². The zero-order valence-corrected chi connectivity index (χ0v) is 23.5. The second kappa shape index (κ2) is 15.6. The number of hydrogen-bond donors (Lipinski definition) is 14. The van der Waals surface area contributed by atoms with Crippen LogP contribution in [0.1, 0.15) is 0 Å². The molecule has 0 amide bonds. The molecule has 4 saturated heterocycles. The third-order valence-electron chi connectivity index (χ3n) is 8.19. The van der Waals surface area contributed by atoms with Crippen molar-refractivity contribution in [2.75, 3.05) is 26.4 Å². The van der Waals surface area contributed by atoms with Crippen molar-refractivity contribution in [2.24, 2.45) is 0 Å². The van der Waals surface area contributed by atoms with E-state index in [4.69, 9.17) is 33.2 Å². The van der Waals surface area contributed by atoms with E-state index in [9.17, 15) is 71.5 Å². The minimum absolute atomic E-state index is 0.792. The van der Waals surface area contributed by atoms with E-state index in [1.54, 1.807) is 0 Å². The molecule has 21 nitrogen and oxygen atoms in total. The molecule has 45 heavy (non-hydrogen) atoms. The Morgan fingerprint density at radius 1 is 0.311 bits per heavy atom. The van der Waals surface area contributed by atoms with Gasteiger partial charge in [0.25, 0.3) is 0 Å². The van der Waals surface area contributed by atoms with Crippen LogP contribution in [0, 0.1) is 0 Å². The first-order valence-electron chi connectivity index (χ1n) is 14.1. The Bertz CT molecular complexity index is 912. The minimum atomic E-state index is -2.04. The van der Waals surface area contributed by atoms with Gasteiger partial charge in [-0.15, -0.1) is 0 Å². The largest absolute Gasteiger partial charge is 0.394 e. The fraction of sp³-hybridized carbons (Fsp3) is 1.00. The van der Waals surface area contributed by atoms with Crippen LogP contribution in [-0.4, -0.2) is 221 Å². The van der Waals surface area contributed by atoms with Gasteiger partial charge in [-0.1, -0.05) is 0 Å². The average molecular weight is 667 g/mol. The maximum absolute atomic E-state index is 11.0. The normalized spacial score (nSPS) is 52.9. The summed E-state index contributed by atoms with van der Waals surface area (Å²) in [4.78, 5) is 0. The summed E-state index contributed by atoms with van der Waals surface area (Å²) in [5.74, 6) is 0. The second-order valence-electron chi connectivity index (χ2n) is 11.1. The highest BCUT2D eigenvalue weighted by Crippen LogP contribution is 2.34. The Hall–Kier alpha value is -0.840. The molecule has 4 fully saturated rings. The highest BCUT2D eigenvalue weighted by molar-refractivity contribution is 4.97. The molecule has 0 spiro atoms. The summed E-state index contributed by atoms with van der Waals surface area (Å²) in [6.45, 7) is -3.41. The SMILES string of the molecule is OC[C@H]1O[C@@H](O[C@H]2[C@@H](O[C@H]3[C@H](O)[C@@H](O)[C@@H](O[C@H]4O[C@H](CO)[C@@H](O)[C@H](O)[C@H]4O)O[C@@H]3CO)O[C@H](CO)[C@@H](O)[C@@H]2O)[C@H](O)[C@@H](O)[C@@H]1O. The van der Waals surface area contributed by atoms with Gasteiger partial charge in [0.2, 0.25) is 0 Å². The van der Waals surface area contributed by atoms with E-state index >= 15 is 0 Å². The van der Waals surface area contributed by atoms with Gasteiger partial charge in [-0.05, 0) is 0 Å². The van der Waals surface area contributed by atoms with Crippen LogP contribution >= 0.6 is 0 Å². The van der Waals surface area contributed by atoms with E-state index in [1.165, 1.54) is 0 Å². The lowest BCUT2D eigenvalue weighted by molar-refractivity contribution is -0.402. The molecule has 0 aromatic rings. The lowest BCUT2D eigenvalue weighted by Crippen LogP contribution is -2.67. The third kappa shape index (κ3) is 7.44. The Labute approximate surface area is 254 Å². The van der Waals surface area contributed by atoms with Crippen molar-refractivity contribution >= 4 is 0 Å². The first-order chi connectivity index (χ1) is 21.3. The van der Waals surface area contributed by atoms with E-state index in [0.717, 1.165) is 0 Å². The number of hydrogen-bond acceptors (Lipinski definition) is 21. The molecule has 0 bridgehead atoms. The van der Waals surface area contributed by atoms with Gasteiger partial charge in [0.05, 0.1) is 26.4 Å². The summed E-state index contributed by atoms with van der Waals surface area (Å²) < 4.78 is 38.1. The van der Waals surface area contributed by atoms with Gasteiger partial charge in [0, 0.05) is 0 Å². The Kier molecular flexibility index (Phi) is 12.8. The van der Waals surface area contributed by atoms with E-state index in [2.05, 4.69) is 0 Å². The zero-order chi connectivity index (χ0) is 33.3. The van der Waals surface area contributed by atoms with Crippen molar-refractivity contribution in [1.82, 2.24) is 0 Å². The molecule has 20 atom stereocenters. The predicted octanol–water partition coefficient (Wildman–Crippen LogP) is -9.75. The van der Waals surface area contributed by atoms with Crippen LogP contribution in [-0.2, 0) is 33.2 Å². The minimum Gasteiger partial charge on any atom is -0.394 e. The maximum atomic E-state index is 11.0. The van der Waals surface area contributed by atoms with Crippen LogP contribution in [0.3, 0.4) is 0 Å². The standard InChI is InChI=1S/C24H42O21/c25-1-5-9(29)12(32)16(36)21(39-5)44-20-14(34)11(31)7(3-27)41-24(20)43-19-8(4-28)42-23(18(38)15(19)35)45-22-17(37)13(33)10(30)6(2-26)40-22/h5-38H,1-4H2/t5-,6-,7-,8-,9-,10-,11-,12+,13+,14+,15-,16-,17-,18-,19-,20-,21+,22-,23-,24-/m1/s1. The van der Waals surface area contributed by atoms with Crippen molar-refractivity contribution in [1.29, 1.82) is 0 Å². The Morgan fingerprint density at radius 3 is 1.07 bits per heavy atom. The summed E-state index contributed by atoms with van der Waals surface area (Å²) in [7, 11) is 0. The predicted molar refractivity (Wildman–Crippen MR) is 134 cm³/mol. The molecule has 4 aliphatic rings. The van der Waals surface area contributed by atoms with Gasteiger partial charge in [-0.25, -0.2) is 0 Å². The highest BCUT2D eigenvalue weighted by atomic mass is 16.8. The summed E-state index contributed by atoms with van der Waals surface area (Å²) >= 11 is 0. The maximum Gasteiger partial charge on any atom is 0.189 e. The highest BCUT2D eigenvalue weighted by Gasteiger charge is 2.55. The van der Waals surface area contributed by atoms with Crippen molar-refractivity contribution in [2.45, 2.75) is 123 Å². The van der Waals surface area contributed by atoms with E-state index in [0.29, 0.717) is 0 Å². The molecule has 0 unspecified atom stereocenters. The van der Waals surface area contributed by atoms with Crippen LogP contribution in [0.15, 0.2) is 0 Å². The van der Waals surface area contributed by atoms with Crippen LogP contribution in [0.4, 0.5) is 0 Å². The first kappa shape index (κ1) is 37.0. The first-order valence-corrected chi connectivity index (χ1v) is 14.1. The summed E-state index contributed by atoms with van der Waals surface area (Å²) in [5, 5.41) is 142. The fourth-order valence-electron chi connectivity index (χ4n) is 5.45. The average Bonchev–Trinajstić information content (AvgIpc) is 3.03. The second-order valence-corrected chi connectivity index (χ2v) is 11.1. The van der Waals surface area contributed by atoms with Crippen LogP contribution in [0.5, 0.6) is 0 Å². The number of rotatable bonds is 10. The van der Waals surface area contributed by atoms with E-state index < -0.39 is 149 Å². The van der Waals surface area contributed by atoms with Gasteiger partial charge in [0.1, 0.15) is 97.7 Å². The third-order valence-corrected chi connectivity index (χ3v) is 8.19. The molecule has 21 heteroatoms. The molecule has 0 aromatic heterocycles. The number of aliphatic hydroxyl groups is 14. The number of ether oxygens (including phenoxy) is 7. The fourth-order valence-corrected chi connectivity index (χ4v) is 5.45. The monoisotopic (exact) mass is 666 g/mol. The molecule has 0 aromatic carbocycles. The quantitative estimate of drug-likeness (QED) is 0.103. The lowest BCUT2D eigenvalue weighted by Gasteiger charge is -2.49. The van der Waals surface area contributed by atoms with E-state index in [-0.39, 0.29) is 0 Å². The van der Waals surface area contributed by atoms with Gasteiger partial charge >= 0.3 is 0 Å². The van der Waals surface area contributed by atoms with Gasteiger partial charge in [-0.3, -0.25) is 0 Å². The molecule has 0 radical (unpaired) electrons. The molecule has 14 N–H and O–H groups in total. The van der Waals surface area contributed by atoms with E-state index in [1.807, 2.05) is 0 Å². The molecular weight excluding hydrogens is 624 g/mol. The Morgan fingerprint density at radius 2 is 0.622 bits per heavy atom. The van der Waals surface area contributed by atoms with Crippen molar-refractivity contribution < 1.29 is 105 Å². The summed E-state index contributed by atoms with van der Waals surface area (Å²) in [5.41, 5.74) is 0. The molecule has 4 heterocycles. The van der Waals surface area contributed by atoms with Crippen LogP contribution in [0.2, 0.25) is 0 Å². The molecule has 4 rings (SSSR count).